The Bertz CT molecular complexity index is 1190. The molecule has 2 amide bonds. The minimum atomic E-state index is -0.534. The van der Waals surface area contributed by atoms with Gasteiger partial charge >= 0.3 is 0 Å². The monoisotopic (exact) mass is 494 g/mol. The van der Waals surface area contributed by atoms with Crippen molar-refractivity contribution in [3.8, 4) is 5.75 Å². The molecular weight excluding hydrogens is 464 g/mol. The molecule has 0 aliphatic heterocycles. The molecule has 10 heteroatoms. The van der Waals surface area contributed by atoms with Crippen LogP contribution in [0.1, 0.15) is 58.9 Å². The Morgan fingerprint density at radius 2 is 1.86 bits per heavy atom. The Morgan fingerprint density at radius 1 is 1.14 bits per heavy atom. The molecule has 0 radical (unpaired) electrons. The molecule has 0 atom stereocenters. The minimum Gasteiger partial charge on any atom is -0.497 e. The fraction of sp³-hybridized carbons (Fsp3) is 0.346. The zero-order chi connectivity index (χ0) is 26.1. The zero-order valence-corrected chi connectivity index (χ0v) is 20.6. The maximum absolute atomic E-state index is 13.3. The first-order chi connectivity index (χ1) is 17.4. The van der Waals surface area contributed by atoms with Crippen LogP contribution in [0.15, 0.2) is 59.1 Å². The molecule has 1 heterocycles. The summed E-state index contributed by atoms with van der Waals surface area (Å²) in [6.45, 7) is 4.42. The molecule has 0 aliphatic carbocycles. The third-order valence-corrected chi connectivity index (χ3v) is 5.92. The Labute approximate surface area is 209 Å². The molecule has 10 nitrogen and oxygen atoms in total. The summed E-state index contributed by atoms with van der Waals surface area (Å²) >= 11 is 0. The first-order valence-electron chi connectivity index (χ1n) is 11.8. The van der Waals surface area contributed by atoms with E-state index in [9.17, 15) is 19.7 Å². The van der Waals surface area contributed by atoms with Gasteiger partial charge in [0, 0.05) is 36.3 Å². The average molecular weight is 495 g/mol. The number of nitro groups is 1. The van der Waals surface area contributed by atoms with Gasteiger partial charge in [0.25, 0.3) is 17.5 Å². The fourth-order valence-corrected chi connectivity index (χ4v) is 3.88. The predicted molar refractivity (Wildman–Crippen MR) is 133 cm³/mol. The lowest BCUT2D eigenvalue weighted by molar-refractivity contribution is -0.384. The summed E-state index contributed by atoms with van der Waals surface area (Å²) in [5.74, 6) is 0.386. The SMILES string of the molecule is CCC(CC)N(Cc1cc(C(=O)NCCc2ccc(OC)cc2)no1)C(=O)c1cccc([N+](=O)[O-])c1. The first kappa shape index (κ1) is 26.4. The van der Waals surface area contributed by atoms with Crippen LogP contribution >= 0.6 is 0 Å². The van der Waals surface area contributed by atoms with Crippen LogP contribution in [0, 0.1) is 10.1 Å². The molecule has 3 aromatic rings. The van der Waals surface area contributed by atoms with Crippen molar-refractivity contribution in [2.45, 2.75) is 45.7 Å². The van der Waals surface area contributed by atoms with Gasteiger partial charge in [-0.05, 0) is 43.0 Å². The summed E-state index contributed by atoms with van der Waals surface area (Å²) in [5, 5.41) is 17.8. The summed E-state index contributed by atoms with van der Waals surface area (Å²) in [7, 11) is 1.61. The van der Waals surface area contributed by atoms with Crippen molar-refractivity contribution in [3.63, 3.8) is 0 Å². The number of hydrogen-bond donors (Lipinski definition) is 1. The number of aromatic nitrogens is 1. The van der Waals surface area contributed by atoms with E-state index < -0.39 is 4.92 Å². The van der Waals surface area contributed by atoms with Crippen LogP contribution in [0.2, 0.25) is 0 Å². The van der Waals surface area contributed by atoms with E-state index in [1.807, 2.05) is 38.1 Å². The number of ether oxygens (including phenoxy) is 1. The normalized spacial score (nSPS) is 10.8. The van der Waals surface area contributed by atoms with Crippen LogP contribution in [0.3, 0.4) is 0 Å². The first-order valence-corrected chi connectivity index (χ1v) is 11.8. The molecule has 36 heavy (non-hydrogen) atoms. The highest BCUT2D eigenvalue weighted by Crippen LogP contribution is 2.21. The Morgan fingerprint density at radius 3 is 2.50 bits per heavy atom. The van der Waals surface area contributed by atoms with Crippen molar-refractivity contribution in [1.29, 1.82) is 0 Å². The molecule has 0 bridgehead atoms. The van der Waals surface area contributed by atoms with Gasteiger partial charge in [-0.3, -0.25) is 19.7 Å². The van der Waals surface area contributed by atoms with Crippen LogP contribution in [0.25, 0.3) is 0 Å². The lowest BCUT2D eigenvalue weighted by Crippen LogP contribution is -2.39. The number of carbonyl (C=O) groups is 2. The van der Waals surface area contributed by atoms with Crippen molar-refractivity contribution in [2.75, 3.05) is 13.7 Å². The Hall–Kier alpha value is -4.21. The molecule has 1 N–H and O–H groups in total. The van der Waals surface area contributed by atoms with Crippen molar-refractivity contribution >= 4 is 17.5 Å². The quantitative estimate of drug-likeness (QED) is 0.292. The highest BCUT2D eigenvalue weighted by atomic mass is 16.6. The second-order valence-corrected chi connectivity index (χ2v) is 8.24. The number of methoxy groups -OCH3 is 1. The summed E-state index contributed by atoms with van der Waals surface area (Å²) < 4.78 is 10.5. The third-order valence-electron chi connectivity index (χ3n) is 5.92. The lowest BCUT2D eigenvalue weighted by Gasteiger charge is -2.29. The number of nitrogens with zero attached hydrogens (tertiary/aromatic N) is 3. The summed E-state index contributed by atoms with van der Waals surface area (Å²) in [6.07, 6.45) is 2.01. The molecule has 0 saturated carbocycles. The van der Waals surface area contributed by atoms with E-state index in [-0.39, 0.29) is 41.3 Å². The van der Waals surface area contributed by atoms with Gasteiger partial charge in [0.15, 0.2) is 11.5 Å². The second-order valence-electron chi connectivity index (χ2n) is 8.24. The molecule has 190 valence electrons. The molecule has 0 spiro atoms. The largest absolute Gasteiger partial charge is 0.497 e. The van der Waals surface area contributed by atoms with E-state index in [1.54, 1.807) is 18.1 Å². The van der Waals surface area contributed by atoms with Gasteiger partial charge in [-0.1, -0.05) is 37.2 Å². The van der Waals surface area contributed by atoms with Crippen LogP contribution in [0.5, 0.6) is 5.75 Å². The topological polar surface area (TPSA) is 128 Å². The third kappa shape index (κ3) is 6.68. The van der Waals surface area contributed by atoms with Crippen LogP contribution < -0.4 is 10.1 Å². The van der Waals surface area contributed by atoms with Crippen LogP contribution in [-0.4, -0.2) is 46.5 Å². The van der Waals surface area contributed by atoms with Crippen LogP contribution in [0.4, 0.5) is 5.69 Å². The fourth-order valence-electron chi connectivity index (χ4n) is 3.88. The van der Waals surface area contributed by atoms with Crippen molar-refractivity contribution in [3.05, 3.63) is 87.3 Å². The van der Waals surface area contributed by atoms with Crippen LogP contribution in [-0.2, 0) is 13.0 Å². The van der Waals surface area contributed by atoms with Gasteiger partial charge < -0.3 is 19.5 Å². The van der Waals surface area contributed by atoms with E-state index in [0.717, 1.165) is 11.3 Å². The number of carbonyl (C=O) groups excluding carboxylic acids is 2. The Balaban J connectivity index is 1.66. The number of nitro benzene ring substituents is 1. The molecule has 3 rings (SSSR count). The standard InChI is InChI=1S/C26H30N4O6/c1-4-20(5-2)29(26(32)19-7-6-8-21(15-19)30(33)34)17-23-16-24(28-36-23)25(31)27-14-13-18-9-11-22(35-3)12-10-18/h6-12,15-16,20H,4-5,13-14,17H2,1-3H3,(H,27,31). The second kappa shape index (κ2) is 12.5. The van der Waals surface area contributed by atoms with Gasteiger partial charge in [0.1, 0.15) is 5.75 Å². The molecule has 1 aromatic heterocycles. The molecule has 0 aliphatic rings. The van der Waals surface area contributed by atoms with Crippen molar-refractivity contribution in [2.24, 2.45) is 0 Å². The number of non-ortho nitro benzene ring substituents is 1. The highest BCUT2D eigenvalue weighted by molar-refractivity contribution is 5.95. The smallest absolute Gasteiger partial charge is 0.273 e. The van der Waals surface area contributed by atoms with E-state index in [1.165, 1.54) is 24.3 Å². The molecule has 0 fully saturated rings. The van der Waals surface area contributed by atoms with Crippen molar-refractivity contribution < 1.29 is 23.8 Å². The van der Waals surface area contributed by atoms with E-state index in [0.29, 0.717) is 31.6 Å². The number of benzene rings is 2. The maximum atomic E-state index is 13.3. The molecule has 0 unspecified atom stereocenters. The molecule has 2 aromatic carbocycles. The number of hydrogen-bond acceptors (Lipinski definition) is 7. The lowest BCUT2D eigenvalue weighted by atomic mass is 10.1. The van der Waals surface area contributed by atoms with Gasteiger partial charge in [-0.15, -0.1) is 0 Å². The summed E-state index contributed by atoms with van der Waals surface area (Å²) in [4.78, 5) is 38.0. The minimum absolute atomic E-state index is 0.0833. The zero-order valence-electron chi connectivity index (χ0n) is 20.6. The van der Waals surface area contributed by atoms with E-state index in [4.69, 9.17) is 9.26 Å². The summed E-state index contributed by atoms with van der Waals surface area (Å²) in [6, 6.07) is 14.6. The van der Waals surface area contributed by atoms with E-state index in [2.05, 4.69) is 10.5 Å². The predicted octanol–water partition coefficient (Wildman–Crippen LogP) is 4.39. The number of rotatable bonds is 12. The highest BCUT2D eigenvalue weighted by Gasteiger charge is 2.26. The van der Waals surface area contributed by atoms with Gasteiger partial charge in [0.2, 0.25) is 0 Å². The molecular formula is C26H30N4O6. The Kier molecular flexibility index (Phi) is 9.15. The number of amides is 2. The average Bonchev–Trinajstić information content (AvgIpc) is 3.37. The van der Waals surface area contributed by atoms with E-state index >= 15 is 0 Å². The van der Waals surface area contributed by atoms with Gasteiger partial charge in [-0.25, -0.2) is 0 Å². The number of nitrogens with one attached hydrogen (secondary N) is 1. The maximum Gasteiger partial charge on any atom is 0.273 e. The summed E-state index contributed by atoms with van der Waals surface area (Å²) in [5.41, 5.74) is 1.23. The van der Waals surface area contributed by atoms with Gasteiger partial charge in [0.05, 0.1) is 18.6 Å². The molecule has 0 saturated heterocycles. The van der Waals surface area contributed by atoms with Gasteiger partial charge in [-0.2, -0.15) is 0 Å². The van der Waals surface area contributed by atoms with Crippen molar-refractivity contribution in [1.82, 2.24) is 15.4 Å².